The van der Waals surface area contributed by atoms with Crippen molar-refractivity contribution in [1.82, 2.24) is 5.32 Å². The molecule has 1 aromatic carbocycles. The van der Waals surface area contributed by atoms with Crippen molar-refractivity contribution in [3.8, 4) is 0 Å². The summed E-state index contributed by atoms with van der Waals surface area (Å²) in [7, 11) is 0. The highest BCUT2D eigenvalue weighted by Crippen LogP contribution is 2.20. The number of fused-ring (bicyclic) bond motifs is 1. The van der Waals surface area contributed by atoms with Crippen molar-refractivity contribution >= 4 is 29.4 Å². The van der Waals surface area contributed by atoms with E-state index < -0.39 is 17.8 Å². The summed E-state index contributed by atoms with van der Waals surface area (Å²) in [6.07, 6.45) is -0.0248. The zero-order valence-electron chi connectivity index (χ0n) is 11.3. The second kappa shape index (κ2) is 5.74. The molecule has 1 unspecified atom stereocenters. The second-order valence-electron chi connectivity index (χ2n) is 5.00. The maximum atomic E-state index is 11.8. The summed E-state index contributed by atoms with van der Waals surface area (Å²) in [6, 6.07) is 4.41. The van der Waals surface area contributed by atoms with Crippen LogP contribution in [-0.2, 0) is 9.59 Å². The number of hydrogen-bond acceptors (Lipinski definition) is 4. The normalized spacial score (nSPS) is 14.3. The number of aliphatic carboxylic acids is 1. The van der Waals surface area contributed by atoms with Crippen molar-refractivity contribution in [3.63, 3.8) is 0 Å². The summed E-state index contributed by atoms with van der Waals surface area (Å²) < 4.78 is 0. The van der Waals surface area contributed by atoms with Crippen LogP contribution in [0.1, 0.15) is 40.5 Å². The summed E-state index contributed by atoms with van der Waals surface area (Å²) in [5.41, 5.74) is 0.889. The lowest BCUT2D eigenvalue weighted by atomic mass is 10.0. The van der Waals surface area contributed by atoms with Crippen molar-refractivity contribution in [2.24, 2.45) is 5.92 Å². The van der Waals surface area contributed by atoms with Gasteiger partial charge in [0.15, 0.2) is 0 Å². The Labute approximate surface area is 120 Å². The van der Waals surface area contributed by atoms with Crippen LogP contribution in [0.2, 0.25) is 0 Å². The highest BCUT2D eigenvalue weighted by atomic mass is 16.4. The van der Waals surface area contributed by atoms with Crippen LogP contribution in [0.3, 0.4) is 0 Å². The van der Waals surface area contributed by atoms with Gasteiger partial charge in [-0.25, -0.2) is 0 Å². The molecule has 1 aliphatic heterocycles. The molecule has 1 heterocycles. The maximum Gasteiger partial charge on any atom is 0.303 e. The molecule has 1 aromatic rings. The predicted octanol–water partition coefficient (Wildman–Crippen LogP) is 1.01. The number of rotatable bonds is 5. The Morgan fingerprint density at radius 1 is 1.19 bits per heavy atom. The first-order valence-corrected chi connectivity index (χ1v) is 6.38. The third kappa shape index (κ3) is 3.44. The molecular formula is C14H14N2O5. The number of benzene rings is 1. The molecule has 0 radical (unpaired) electrons. The molecule has 110 valence electrons. The van der Waals surface area contributed by atoms with Gasteiger partial charge in [0, 0.05) is 18.5 Å². The zero-order valence-corrected chi connectivity index (χ0v) is 11.3. The molecule has 0 spiro atoms. The van der Waals surface area contributed by atoms with Gasteiger partial charge < -0.3 is 10.4 Å². The number of nitrogens with one attached hydrogen (secondary N) is 2. The van der Waals surface area contributed by atoms with E-state index >= 15 is 0 Å². The fourth-order valence-electron chi connectivity index (χ4n) is 2.14. The van der Waals surface area contributed by atoms with E-state index in [0.29, 0.717) is 5.69 Å². The Balaban J connectivity index is 2.02. The minimum Gasteiger partial charge on any atom is -0.481 e. The third-order valence-corrected chi connectivity index (χ3v) is 3.08. The molecule has 0 aliphatic carbocycles. The number of hydrogen-bond donors (Lipinski definition) is 3. The number of anilines is 1. The lowest BCUT2D eigenvalue weighted by Gasteiger charge is -2.09. The van der Waals surface area contributed by atoms with Gasteiger partial charge >= 0.3 is 5.97 Å². The molecule has 7 nitrogen and oxygen atoms in total. The lowest BCUT2D eigenvalue weighted by Crippen LogP contribution is -2.20. The summed E-state index contributed by atoms with van der Waals surface area (Å²) in [5, 5.41) is 13.4. The van der Waals surface area contributed by atoms with Crippen LogP contribution in [0.5, 0.6) is 0 Å². The average Bonchev–Trinajstić information content (AvgIpc) is 2.63. The number of carboxylic acid groups (broad SMARTS) is 1. The Morgan fingerprint density at radius 2 is 1.86 bits per heavy atom. The fraction of sp³-hybridized carbons (Fsp3) is 0.286. The van der Waals surface area contributed by atoms with Crippen LogP contribution in [-0.4, -0.2) is 28.8 Å². The monoisotopic (exact) mass is 290 g/mol. The fourth-order valence-corrected chi connectivity index (χ4v) is 2.14. The second-order valence-corrected chi connectivity index (χ2v) is 5.00. The van der Waals surface area contributed by atoms with E-state index in [1.54, 1.807) is 6.92 Å². The Bertz CT molecular complexity index is 638. The van der Waals surface area contributed by atoms with E-state index in [2.05, 4.69) is 10.6 Å². The van der Waals surface area contributed by atoms with Gasteiger partial charge in [0.1, 0.15) is 0 Å². The smallest absolute Gasteiger partial charge is 0.303 e. The molecule has 0 fully saturated rings. The van der Waals surface area contributed by atoms with Gasteiger partial charge in [-0.15, -0.1) is 0 Å². The zero-order chi connectivity index (χ0) is 15.6. The van der Waals surface area contributed by atoms with E-state index in [4.69, 9.17) is 5.11 Å². The molecular weight excluding hydrogens is 276 g/mol. The molecule has 0 bridgehead atoms. The van der Waals surface area contributed by atoms with Gasteiger partial charge in [-0.1, -0.05) is 6.92 Å². The van der Waals surface area contributed by atoms with Crippen molar-refractivity contribution in [2.75, 3.05) is 5.32 Å². The van der Waals surface area contributed by atoms with E-state index in [9.17, 15) is 19.2 Å². The lowest BCUT2D eigenvalue weighted by molar-refractivity contribution is -0.138. The Hall–Kier alpha value is -2.70. The van der Waals surface area contributed by atoms with Gasteiger partial charge in [0.05, 0.1) is 11.1 Å². The maximum absolute atomic E-state index is 11.8. The topological polar surface area (TPSA) is 113 Å². The third-order valence-electron chi connectivity index (χ3n) is 3.08. The Morgan fingerprint density at radius 3 is 2.52 bits per heavy atom. The summed E-state index contributed by atoms with van der Waals surface area (Å²) in [4.78, 5) is 45.2. The van der Waals surface area contributed by atoms with Crippen LogP contribution in [0, 0.1) is 5.92 Å². The summed E-state index contributed by atoms with van der Waals surface area (Å²) >= 11 is 0. The summed E-state index contributed by atoms with van der Waals surface area (Å²) in [6.45, 7) is 1.67. The first kappa shape index (κ1) is 14.7. The number of imide groups is 1. The van der Waals surface area contributed by atoms with Gasteiger partial charge in [0.2, 0.25) is 5.91 Å². The number of carbonyl (C=O) groups is 4. The molecule has 3 N–H and O–H groups in total. The molecule has 1 atom stereocenters. The SMILES string of the molecule is CC(CC(=O)O)CC(=O)Nc1ccc2c(c1)C(=O)NC2=O. The van der Waals surface area contributed by atoms with Crippen LogP contribution in [0.15, 0.2) is 18.2 Å². The van der Waals surface area contributed by atoms with Crippen molar-refractivity contribution in [2.45, 2.75) is 19.8 Å². The van der Waals surface area contributed by atoms with Crippen molar-refractivity contribution in [1.29, 1.82) is 0 Å². The minimum atomic E-state index is -0.956. The highest BCUT2D eigenvalue weighted by Gasteiger charge is 2.26. The quantitative estimate of drug-likeness (QED) is 0.700. The van der Waals surface area contributed by atoms with Gasteiger partial charge in [0.25, 0.3) is 11.8 Å². The van der Waals surface area contributed by atoms with Crippen LogP contribution in [0.25, 0.3) is 0 Å². The largest absolute Gasteiger partial charge is 0.481 e. The molecule has 0 saturated heterocycles. The van der Waals surface area contributed by atoms with Crippen molar-refractivity contribution in [3.05, 3.63) is 29.3 Å². The first-order chi connectivity index (χ1) is 9.86. The van der Waals surface area contributed by atoms with E-state index in [1.807, 2.05) is 0 Å². The molecule has 7 heteroatoms. The highest BCUT2D eigenvalue weighted by molar-refractivity contribution is 6.22. The standard InChI is InChI=1S/C14H14N2O5/c1-7(5-12(18)19)4-11(17)15-8-2-3-9-10(6-8)14(21)16-13(9)20/h2-3,6-7H,4-5H2,1H3,(H,15,17)(H,18,19)(H,16,20,21). The minimum absolute atomic E-state index is 0.0640. The first-order valence-electron chi connectivity index (χ1n) is 6.38. The number of carboxylic acids is 1. The van der Waals surface area contributed by atoms with Crippen molar-refractivity contribution < 1.29 is 24.3 Å². The van der Waals surface area contributed by atoms with Crippen LogP contribution >= 0.6 is 0 Å². The predicted molar refractivity (Wildman–Crippen MR) is 72.9 cm³/mol. The van der Waals surface area contributed by atoms with E-state index in [-0.39, 0.29) is 35.8 Å². The van der Waals surface area contributed by atoms with Gasteiger partial charge in [-0.05, 0) is 24.1 Å². The van der Waals surface area contributed by atoms with Crippen LogP contribution in [0.4, 0.5) is 5.69 Å². The van der Waals surface area contributed by atoms with E-state index in [0.717, 1.165) is 0 Å². The molecule has 0 aromatic heterocycles. The Kier molecular flexibility index (Phi) is 4.02. The summed E-state index contributed by atoms with van der Waals surface area (Å²) in [5.74, 6) is -2.54. The number of amides is 3. The molecule has 2 rings (SSSR count). The molecule has 0 saturated carbocycles. The van der Waals surface area contributed by atoms with E-state index in [1.165, 1.54) is 18.2 Å². The average molecular weight is 290 g/mol. The van der Waals surface area contributed by atoms with Gasteiger partial charge in [-0.2, -0.15) is 0 Å². The van der Waals surface area contributed by atoms with Crippen LogP contribution < -0.4 is 10.6 Å². The number of carbonyl (C=O) groups excluding carboxylic acids is 3. The molecule has 21 heavy (non-hydrogen) atoms. The van der Waals surface area contributed by atoms with Gasteiger partial charge in [-0.3, -0.25) is 24.5 Å². The molecule has 3 amide bonds. The molecule has 1 aliphatic rings.